The number of benzene rings is 1. The summed E-state index contributed by atoms with van der Waals surface area (Å²) >= 11 is 0. The molecular weight excluding hydrogens is 312 g/mol. The third-order valence-electron chi connectivity index (χ3n) is 4.83. The van der Waals surface area contributed by atoms with Crippen molar-refractivity contribution in [2.75, 3.05) is 26.2 Å². The SMILES string of the molecule is CC(C)(C)CN(CCO)CC(=O)NC(c1ccccc1)C1CCCC1. The van der Waals surface area contributed by atoms with Crippen LogP contribution in [-0.2, 0) is 4.79 Å². The fraction of sp³-hybridized carbons (Fsp3) is 0.667. The number of hydrogen-bond acceptors (Lipinski definition) is 3. The van der Waals surface area contributed by atoms with Crippen LogP contribution < -0.4 is 5.32 Å². The van der Waals surface area contributed by atoms with Crippen LogP contribution in [0.5, 0.6) is 0 Å². The molecule has 4 nitrogen and oxygen atoms in total. The van der Waals surface area contributed by atoms with Gasteiger partial charge in [-0.05, 0) is 29.7 Å². The Kier molecular flexibility index (Phi) is 7.45. The fourth-order valence-electron chi connectivity index (χ4n) is 3.87. The minimum absolute atomic E-state index is 0.0541. The molecule has 1 saturated carbocycles. The molecular formula is C21H34N2O2. The first kappa shape index (κ1) is 19.9. The van der Waals surface area contributed by atoms with Gasteiger partial charge in [-0.1, -0.05) is 63.9 Å². The van der Waals surface area contributed by atoms with Crippen molar-refractivity contribution >= 4 is 5.91 Å². The van der Waals surface area contributed by atoms with Gasteiger partial charge in [-0.25, -0.2) is 0 Å². The lowest BCUT2D eigenvalue weighted by Gasteiger charge is -2.30. The van der Waals surface area contributed by atoms with Gasteiger partial charge in [-0.3, -0.25) is 9.69 Å². The molecule has 2 rings (SSSR count). The minimum atomic E-state index is 0.0541. The van der Waals surface area contributed by atoms with Crippen LogP contribution in [-0.4, -0.2) is 42.2 Å². The molecule has 0 aliphatic heterocycles. The lowest BCUT2D eigenvalue weighted by molar-refractivity contribution is -0.123. The molecule has 0 bridgehead atoms. The van der Waals surface area contributed by atoms with Gasteiger partial charge in [0.1, 0.15) is 0 Å². The van der Waals surface area contributed by atoms with Crippen molar-refractivity contribution < 1.29 is 9.90 Å². The van der Waals surface area contributed by atoms with Gasteiger partial charge in [0.05, 0.1) is 19.2 Å². The van der Waals surface area contributed by atoms with Gasteiger partial charge < -0.3 is 10.4 Å². The number of rotatable bonds is 8. The number of amides is 1. The van der Waals surface area contributed by atoms with Crippen LogP contribution >= 0.6 is 0 Å². The van der Waals surface area contributed by atoms with Gasteiger partial charge in [0.25, 0.3) is 0 Å². The van der Waals surface area contributed by atoms with Crippen molar-refractivity contribution in [1.82, 2.24) is 10.2 Å². The van der Waals surface area contributed by atoms with Gasteiger partial charge in [0, 0.05) is 13.1 Å². The number of carbonyl (C=O) groups is 1. The number of hydrogen-bond donors (Lipinski definition) is 2. The smallest absolute Gasteiger partial charge is 0.234 e. The molecule has 25 heavy (non-hydrogen) atoms. The van der Waals surface area contributed by atoms with Crippen molar-refractivity contribution in [3.8, 4) is 0 Å². The number of nitrogens with one attached hydrogen (secondary N) is 1. The lowest BCUT2D eigenvalue weighted by Crippen LogP contribution is -2.44. The van der Waals surface area contributed by atoms with Crippen molar-refractivity contribution in [2.24, 2.45) is 11.3 Å². The van der Waals surface area contributed by atoms with Crippen molar-refractivity contribution in [2.45, 2.75) is 52.5 Å². The Balaban J connectivity index is 2.02. The molecule has 1 aromatic carbocycles. The van der Waals surface area contributed by atoms with Crippen LogP contribution in [0.1, 0.15) is 58.1 Å². The van der Waals surface area contributed by atoms with Crippen LogP contribution in [0, 0.1) is 11.3 Å². The van der Waals surface area contributed by atoms with E-state index in [2.05, 4.69) is 38.2 Å². The van der Waals surface area contributed by atoms with Crippen molar-refractivity contribution in [3.05, 3.63) is 35.9 Å². The number of carbonyl (C=O) groups excluding carboxylic acids is 1. The average Bonchev–Trinajstić information content (AvgIpc) is 3.06. The molecule has 0 aromatic heterocycles. The molecule has 1 atom stereocenters. The van der Waals surface area contributed by atoms with Gasteiger partial charge in [-0.2, -0.15) is 0 Å². The molecule has 0 spiro atoms. The second-order valence-electron chi connectivity index (χ2n) is 8.50. The molecule has 1 fully saturated rings. The van der Waals surface area contributed by atoms with E-state index in [1.165, 1.54) is 31.2 Å². The average molecular weight is 347 g/mol. The predicted octanol–water partition coefficient (Wildman–Crippen LogP) is 3.37. The summed E-state index contributed by atoms with van der Waals surface area (Å²) in [5, 5.41) is 12.6. The third kappa shape index (κ3) is 6.79. The summed E-state index contributed by atoms with van der Waals surface area (Å²) < 4.78 is 0. The van der Waals surface area contributed by atoms with Crippen LogP contribution in [0.3, 0.4) is 0 Å². The second-order valence-corrected chi connectivity index (χ2v) is 8.50. The zero-order chi connectivity index (χ0) is 18.3. The molecule has 1 amide bonds. The summed E-state index contributed by atoms with van der Waals surface area (Å²) in [5.41, 5.74) is 1.30. The van der Waals surface area contributed by atoms with Gasteiger partial charge in [-0.15, -0.1) is 0 Å². The quantitative estimate of drug-likeness (QED) is 0.759. The normalized spacial score (nSPS) is 17.0. The molecule has 140 valence electrons. The number of nitrogens with zero attached hydrogens (tertiary/aromatic N) is 1. The summed E-state index contributed by atoms with van der Waals surface area (Å²) in [6, 6.07) is 10.4. The van der Waals surface area contributed by atoms with E-state index in [4.69, 9.17) is 0 Å². The van der Waals surface area contributed by atoms with E-state index in [1.807, 2.05) is 23.1 Å². The molecule has 1 aliphatic carbocycles. The zero-order valence-electron chi connectivity index (χ0n) is 16.0. The molecule has 4 heteroatoms. The minimum Gasteiger partial charge on any atom is -0.395 e. The molecule has 1 aliphatic rings. The lowest BCUT2D eigenvalue weighted by atomic mass is 9.91. The Morgan fingerprint density at radius 1 is 1.24 bits per heavy atom. The summed E-state index contributed by atoms with van der Waals surface area (Å²) in [7, 11) is 0. The first-order chi connectivity index (χ1) is 11.9. The van der Waals surface area contributed by atoms with Gasteiger partial charge >= 0.3 is 0 Å². The number of aliphatic hydroxyl groups excluding tert-OH is 1. The maximum atomic E-state index is 12.7. The predicted molar refractivity (Wildman–Crippen MR) is 102 cm³/mol. The molecule has 2 N–H and O–H groups in total. The first-order valence-electron chi connectivity index (χ1n) is 9.56. The van der Waals surface area contributed by atoms with Gasteiger partial charge in [0.2, 0.25) is 5.91 Å². The second kappa shape index (κ2) is 9.35. The maximum absolute atomic E-state index is 12.7. The highest BCUT2D eigenvalue weighted by atomic mass is 16.3. The summed E-state index contributed by atoms with van der Waals surface area (Å²) in [4.78, 5) is 14.8. The van der Waals surface area contributed by atoms with E-state index in [-0.39, 0.29) is 24.0 Å². The van der Waals surface area contributed by atoms with Crippen molar-refractivity contribution in [3.63, 3.8) is 0 Å². The van der Waals surface area contributed by atoms with E-state index < -0.39 is 0 Å². The van der Waals surface area contributed by atoms with E-state index >= 15 is 0 Å². The first-order valence-corrected chi connectivity index (χ1v) is 9.56. The summed E-state index contributed by atoms with van der Waals surface area (Å²) in [6.45, 7) is 8.20. The van der Waals surface area contributed by atoms with Gasteiger partial charge in [0.15, 0.2) is 0 Å². The van der Waals surface area contributed by atoms with Crippen LogP contribution in [0.2, 0.25) is 0 Å². The number of aliphatic hydroxyl groups is 1. The zero-order valence-corrected chi connectivity index (χ0v) is 16.0. The highest BCUT2D eigenvalue weighted by Gasteiger charge is 2.28. The maximum Gasteiger partial charge on any atom is 0.234 e. The Labute approximate surface area is 152 Å². The summed E-state index contributed by atoms with van der Waals surface area (Å²) in [5.74, 6) is 0.582. The molecule has 0 heterocycles. The standard InChI is InChI=1S/C21H34N2O2/c1-21(2,3)16-23(13-14-24)15-19(25)22-20(18-11-7-8-12-18)17-9-5-4-6-10-17/h4-6,9-10,18,20,24H,7-8,11-16H2,1-3H3,(H,22,25). The molecule has 1 unspecified atom stereocenters. The largest absolute Gasteiger partial charge is 0.395 e. The van der Waals surface area contributed by atoms with Crippen LogP contribution in [0.25, 0.3) is 0 Å². The highest BCUT2D eigenvalue weighted by Crippen LogP contribution is 2.35. The molecule has 0 radical (unpaired) electrons. The highest BCUT2D eigenvalue weighted by molar-refractivity contribution is 5.78. The van der Waals surface area contributed by atoms with E-state index in [0.717, 1.165) is 6.54 Å². The molecule has 0 saturated heterocycles. The summed E-state index contributed by atoms with van der Waals surface area (Å²) in [6.07, 6.45) is 4.87. The third-order valence-corrected chi connectivity index (χ3v) is 4.83. The van der Waals surface area contributed by atoms with E-state index in [9.17, 15) is 9.90 Å². The Hall–Kier alpha value is -1.39. The Morgan fingerprint density at radius 2 is 1.88 bits per heavy atom. The van der Waals surface area contributed by atoms with Crippen molar-refractivity contribution in [1.29, 1.82) is 0 Å². The Morgan fingerprint density at radius 3 is 2.44 bits per heavy atom. The van der Waals surface area contributed by atoms with E-state index in [1.54, 1.807) is 0 Å². The van der Waals surface area contributed by atoms with Crippen LogP contribution in [0.15, 0.2) is 30.3 Å². The molecule has 1 aromatic rings. The topological polar surface area (TPSA) is 52.6 Å². The monoisotopic (exact) mass is 346 g/mol. The van der Waals surface area contributed by atoms with Crippen LogP contribution in [0.4, 0.5) is 0 Å². The fourth-order valence-corrected chi connectivity index (χ4v) is 3.87. The Bertz CT molecular complexity index is 518. The van der Waals surface area contributed by atoms with E-state index in [0.29, 0.717) is 19.0 Å².